The Hall–Kier alpha value is -0.940. The van der Waals surface area contributed by atoms with E-state index in [1.807, 2.05) is 0 Å². The van der Waals surface area contributed by atoms with Crippen LogP contribution < -0.4 is 4.31 Å². The van der Waals surface area contributed by atoms with Crippen LogP contribution in [0.1, 0.15) is 0 Å². The monoisotopic (exact) mass is 248 g/mol. The van der Waals surface area contributed by atoms with E-state index in [0.717, 1.165) is 4.31 Å². The number of hydrogen-bond acceptors (Lipinski definition) is 2. The SMILES string of the molecule is CN(C)C(=O)N(SCl)c1ccccc1F. The summed E-state index contributed by atoms with van der Waals surface area (Å²) in [6, 6.07) is 5.57. The number of nitrogens with zero attached hydrogens (tertiary/aromatic N) is 2. The number of anilines is 1. The summed E-state index contributed by atoms with van der Waals surface area (Å²) < 4.78 is 14.4. The molecule has 0 atom stereocenters. The van der Waals surface area contributed by atoms with Crippen LogP contribution in [0.4, 0.5) is 14.9 Å². The van der Waals surface area contributed by atoms with E-state index >= 15 is 0 Å². The van der Waals surface area contributed by atoms with Gasteiger partial charge < -0.3 is 4.90 Å². The number of rotatable bonds is 2. The predicted octanol–water partition coefficient (Wildman–Crippen LogP) is 3.12. The second-order valence-corrected chi connectivity index (χ2v) is 3.91. The van der Waals surface area contributed by atoms with E-state index in [9.17, 15) is 9.18 Å². The number of amides is 2. The third kappa shape index (κ3) is 2.76. The molecule has 82 valence electrons. The highest BCUT2D eigenvalue weighted by molar-refractivity contribution is 8.22. The molecule has 0 aliphatic heterocycles. The minimum atomic E-state index is -0.485. The molecule has 0 saturated carbocycles. The van der Waals surface area contributed by atoms with Crippen molar-refractivity contribution in [2.45, 2.75) is 0 Å². The first kappa shape index (κ1) is 12.1. The van der Waals surface area contributed by atoms with Crippen molar-refractivity contribution in [3.05, 3.63) is 30.1 Å². The molecule has 2 amide bonds. The Bertz CT molecular complexity index is 362. The van der Waals surface area contributed by atoms with Crippen molar-refractivity contribution < 1.29 is 9.18 Å². The zero-order valence-electron chi connectivity index (χ0n) is 8.28. The number of carbonyl (C=O) groups is 1. The maximum atomic E-state index is 13.4. The molecule has 0 spiro atoms. The molecule has 0 aromatic heterocycles. The molecule has 0 bridgehead atoms. The van der Waals surface area contributed by atoms with Crippen LogP contribution in [0.15, 0.2) is 24.3 Å². The highest BCUT2D eigenvalue weighted by Gasteiger charge is 2.20. The van der Waals surface area contributed by atoms with Crippen molar-refractivity contribution in [1.82, 2.24) is 4.90 Å². The molecule has 0 aliphatic rings. The maximum absolute atomic E-state index is 13.4. The maximum Gasteiger partial charge on any atom is 0.335 e. The van der Waals surface area contributed by atoms with Gasteiger partial charge in [-0.05, 0) is 22.8 Å². The van der Waals surface area contributed by atoms with E-state index in [2.05, 4.69) is 0 Å². The Labute approximate surface area is 96.4 Å². The average molecular weight is 249 g/mol. The summed E-state index contributed by atoms with van der Waals surface area (Å²) in [4.78, 5) is 12.9. The molecule has 0 aliphatic carbocycles. The lowest BCUT2D eigenvalue weighted by atomic mass is 10.3. The van der Waals surface area contributed by atoms with Gasteiger partial charge in [-0.3, -0.25) is 0 Å². The number of hydrogen-bond donors (Lipinski definition) is 0. The van der Waals surface area contributed by atoms with Gasteiger partial charge in [0.15, 0.2) is 0 Å². The van der Waals surface area contributed by atoms with Crippen LogP contribution in [-0.4, -0.2) is 25.0 Å². The van der Waals surface area contributed by atoms with E-state index < -0.39 is 5.82 Å². The van der Waals surface area contributed by atoms with Crippen molar-refractivity contribution in [3.8, 4) is 0 Å². The molecule has 0 N–H and O–H groups in total. The Kier molecular flexibility index (Phi) is 4.23. The summed E-state index contributed by atoms with van der Waals surface area (Å²) in [5.41, 5.74) is 0.149. The van der Waals surface area contributed by atoms with Crippen LogP contribution in [0.2, 0.25) is 0 Å². The van der Waals surface area contributed by atoms with Gasteiger partial charge in [0, 0.05) is 14.1 Å². The van der Waals surface area contributed by atoms with Crippen molar-refractivity contribution in [2.75, 3.05) is 18.4 Å². The smallest absolute Gasteiger partial charge is 0.330 e. The number of urea groups is 1. The van der Waals surface area contributed by atoms with E-state index in [4.69, 9.17) is 10.7 Å². The second-order valence-electron chi connectivity index (χ2n) is 2.99. The predicted molar refractivity (Wildman–Crippen MR) is 61.4 cm³/mol. The minimum absolute atomic E-state index is 0.149. The molecule has 6 heteroatoms. The molecule has 3 nitrogen and oxygen atoms in total. The standard InChI is InChI=1S/C9H10ClFN2OS/c1-12(2)9(14)13(15-10)8-6-4-3-5-7(8)11/h3-6H,1-2H3. The lowest BCUT2D eigenvalue weighted by molar-refractivity contribution is 0.228. The number of carbonyl (C=O) groups excluding carboxylic acids is 1. The molecule has 0 radical (unpaired) electrons. The van der Waals surface area contributed by atoms with Gasteiger partial charge in [-0.1, -0.05) is 12.1 Å². The number of halogens is 2. The Morgan fingerprint density at radius 2 is 2.00 bits per heavy atom. The Morgan fingerprint density at radius 1 is 1.40 bits per heavy atom. The molecule has 15 heavy (non-hydrogen) atoms. The van der Waals surface area contributed by atoms with E-state index in [0.29, 0.717) is 11.2 Å². The first-order chi connectivity index (χ1) is 7.07. The minimum Gasteiger partial charge on any atom is -0.330 e. The Morgan fingerprint density at radius 3 is 2.47 bits per heavy atom. The second kappa shape index (κ2) is 5.23. The van der Waals surface area contributed by atoms with Crippen molar-refractivity contribution in [2.24, 2.45) is 0 Å². The van der Waals surface area contributed by atoms with Crippen LogP contribution in [0.5, 0.6) is 0 Å². The Balaban J connectivity index is 3.03. The van der Waals surface area contributed by atoms with Gasteiger partial charge >= 0.3 is 6.03 Å². The highest BCUT2D eigenvalue weighted by atomic mass is 35.7. The van der Waals surface area contributed by atoms with Crippen molar-refractivity contribution in [1.29, 1.82) is 0 Å². The van der Waals surface area contributed by atoms with Crippen LogP contribution in [0.25, 0.3) is 0 Å². The molecular formula is C9H10ClFN2OS. The van der Waals surface area contributed by atoms with Crippen LogP contribution >= 0.6 is 21.8 Å². The first-order valence-corrected chi connectivity index (χ1v) is 5.72. The van der Waals surface area contributed by atoms with E-state index in [-0.39, 0.29) is 11.7 Å². The van der Waals surface area contributed by atoms with Gasteiger partial charge in [-0.2, -0.15) is 0 Å². The van der Waals surface area contributed by atoms with Crippen molar-refractivity contribution in [3.63, 3.8) is 0 Å². The van der Waals surface area contributed by atoms with Gasteiger partial charge in [-0.15, -0.1) is 0 Å². The zero-order valence-corrected chi connectivity index (χ0v) is 9.85. The molecule has 0 fully saturated rings. The van der Waals surface area contributed by atoms with Gasteiger partial charge in [0.1, 0.15) is 5.82 Å². The van der Waals surface area contributed by atoms with Gasteiger partial charge in [0.05, 0.1) is 16.8 Å². The fraction of sp³-hybridized carbons (Fsp3) is 0.222. The van der Waals surface area contributed by atoms with Crippen molar-refractivity contribution >= 4 is 33.6 Å². The summed E-state index contributed by atoms with van der Waals surface area (Å²) >= 11 is 0.648. The molecule has 0 heterocycles. The molecular weight excluding hydrogens is 239 g/mol. The van der Waals surface area contributed by atoms with Crippen LogP contribution in [-0.2, 0) is 0 Å². The summed E-state index contributed by atoms with van der Waals surface area (Å²) in [7, 11) is 8.69. The molecule has 1 aromatic carbocycles. The fourth-order valence-electron chi connectivity index (χ4n) is 0.968. The lowest BCUT2D eigenvalue weighted by Gasteiger charge is -2.22. The number of benzene rings is 1. The largest absolute Gasteiger partial charge is 0.335 e. The van der Waals surface area contributed by atoms with E-state index in [1.165, 1.54) is 17.0 Å². The highest BCUT2D eigenvalue weighted by Crippen LogP contribution is 2.28. The molecule has 0 unspecified atom stereocenters. The number of para-hydroxylation sites is 1. The summed E-state index contributed by atoms with van der Waals surface area (Å²) in [6.07, 6.45) is 0. The summed E-state index contributed by atoms with van der Waals surface area (Å²) in [5.74, 6) is -0.485. The molecule has 0 saturated heterocycles. The quantitative estimate of drug-likeness (QED) is 0.751. The topological polar surface area (TPSA) is 23.6 Å². The third-order valence-corrected chi connectivity index (χ3v) is 2.60. The summed E-state index contributed by atoms with van der Waals surface area (Å²) in [5, 5.41) is 0. The van der Waals surface area contributed by atoms with Gasteiger partial charge in [-0.25, -0.2) is 13.5 Å². The van der Waals surface area contributed by atoms with Gasteiger partial charge in [0.25, 0.3) is 0 Å². The van der Waals surface area contributed by atoms with Gasteiger partial charge in [0.2, 0.25) is 0 Å². The average Bonchev–Trinajstić information content (AvgIpc) is 2.21. The van der Waals surface area contributed by atoms with Crippen LogP contribution in [0.3, 0.4) is 0 Å². The molecule has 1 rings (SSSR count). The third-order valence-electron chi connectivity index (χ3n) is 1.70. The van der Waals surface area contributed by atoms with Crippen LogP contribution in [0, 0.1) is 5.82 Å². The lowest BCUT2D eigenvalue weighted by Crippen LogP contribution is -2.34. The normalized spacial score (nSPS) is 9.87. The van der Waals surface area contributed by atoms with E-state index in [1.54, 1.807) is 26.2 Å². The summed E-state index contributed by atoms with van der Waals surface area (Å²) in [6.45, 7) is 0. The zero-order chi connectivity index (χ0) is 11.4. The first-order valence-electron chi connectivity index (χ1n) is 4.12. The fourth-order valence-corrected chi connectivity index (χ4v) is 1.81. The molecule has 1 aromatic rings.